The van der Waals surface area contributed by atoms with Crippen molar-refractivity contribution in [1.82, 2.24) is 20.1 Å². The molecule has 0 saturated heterocycles. The lowest BCUT2D eigenvalue weighted by atomic mass is 10.2. The number of amides is 1. The van der Waals surface area contributed by atoms with E-state index in [9.17, 15) is 4.79 Å². The summed E-state index contributed by atoms with van der Waals surface area (Å²) in [6.07, 6.45) is 3.95. The van der Waals surface area contributed by atoms with Crippen molar-refractivity contribution in [2.75, 3.05) is 6.54 Å². The van der Waals surface area contributed by atoms with E-state index in [2.05, 4.69) is 15.4 Å². The third-order valence-corrected chi connectivity index (χ3v) is 1.82. The van der Waals surface area contributed by atoms with Crippen LogP contribution in [0.1, 0.15) is 13.3 Å². The highest BCUT2D eigenvalue weighted by atomic mass is 16.1. The van der Waals surface area contributed by atoms with Gasteiger partial charge in [0, 0.05) is 0 Å². The van der Waals surface area contributed by atoms with E-state index in [-0.39, 0.29) is 11.9 Å². The molecule has 1 heterocycles. The molecule has 0 saturated carbocycles. The average molecular weight is 197 g/mol. The van der Waals surface area contributed by atoms with Crippen molar-refractivity contribution < 1.29 is 4.79 Å². The number of nitrogens with two attached hydrogens (primary N) is 1. The van der Waals surface area contributed by atoms with E-state index >= 15 is 0 Å². The number of hydrogen-bond acceptors (Lipinski definition) is 4. The normalized spacial score (nSPS) is 12.6. The molecule has 6 nitrogen and oxygen atoms in total. The first-order valence-corrected chi connectivity index (χ1v) is 4.59. The molecule has 0 bridgehead atoms. The maximum Gasteiger partial charge on any atom is 0.236 e. The smallest absolute Gasteiger partial charge is 0.236 e. The molecule has 1 unspecified atom stereocenters. The Morgan fingerprint density at radius 2 is 2.50 bits per heavy atom. The minimum absolute atomic E-state index is 0.367. The van der Waals surface area contributed by atoms with E-state index in [4.69, 9.17) is 5.73 Å². The summed E-state index contributed by atoms with van der Waals surface area (Å²) >= 11 is 0. The average Bonchev–Trinajstić information content (AvgIpc) is 2.64. The Hall–Kier alpha value is -1.43. The molecule has 1 aromatic heterocycles. The van der Waals surface area contributed by atoms with Crippen LogP contribution < -0.4 is 11.1 Å². The number of nitrogens with zero attached hydrogens (tertiary/aromatic N) is 3. The zero-order valence-electron chi connectivity index (χ0n) is 8.18. The van der Waals surface area contributed by atoms with Gasteiger partial charge in [-0.3, -0.25) is 9.48 Å². The summed E-state index contributed by atoms with van der Waals surface area (Å²) in [5.74, 6) is -0.367. The van der Waals surface area contributed by atoms with Crippen LogP contribution in [0.4, 0.5) is 0 Å². The van der Waals surface area contributed by atoms with Gasteiger partial charge in [-0.1, -0.05) is 6.92 Å². The van der Waals surface area contributed by atoms with Gasteiger partial charge in [-0.15, -0.1) is 0 Å². The molecule has 1 atom stereocenters. The second-order valence-electron chi connectivity index (χ2n) is 3.03. The molecule has 78 valence electrons. The van der Waals surface area contributed by atoms with E-state index in [1.807, 2.05) is 6.92 Å². The SMILES string of the molecule is CCCNC(Cn1cncn1)C(N)=O. The predicted molar refractivity (Wildman–Crippen MR) is 51.3 cm³/mol. The molecule has 1 amide bonds. The Morgan fingerprint density at radius 3 is 3.00 bits per heavy atom. The Morgan fingerprint density at radius 1 is 1.71 bits per heavy atom. The molecule has 0 aromatic carbocycles. The Kier molecular flexibility index (Phi) is 4.06. The second kappa shape index (κ2) is 5.33. The third-order valence-electron chi connectivity index (χ3n) is 1.82. The van der Waals surface area contributed by atoms with Crippen LogP contribution >= 0.6 is 0 Å². The van der Waals surface area contributed by atoms with Gasteiger partial charge in [-0.25, -0.2) is 4.98 Å². The van der Waals surface area contributed by atoms with Crippen LogP contribution in [0.2, 0.25) is 0 Å². The molecular formula is C8H15N5O. The highest BCUT2D eigenvalue weighted by Crippen LogP contribution is 1.89. The van der Waals surface area contributed by atoms with Gasteiger partial charge in [0.1, 0.15) is 18.7 Å². The van der Waals surface area contributed by atoms with Crippen LogP contribution in [0.5, 0.6) is 0 Å². The molecule has 6 heteroatoms. The van der Waals surface area contributed by atoms with Crippen molar-refractivity contribution in [3.8, 4) is 0 Å². The number of primary amides is 1. The number of nitrogens with one attached hydrogen (secondary N) is 1. The molecule has 0 aliphatic rings. The third kappa shape index (κ3) is 3.14. The van der Waals surface area contributed by atoms with Gasteiger partial charge >= 0.3 is 0 Å². The molecule has 14 heavy (non-hydrogen) atoms. The van der Waals surface area contributed by atoms with Crippen LogP contribution in [0, 0.1) is 0 Å². The minimum Gasteiger partial charge on any atom is -0.368 e. The largest absolute Gasteiger partial charge is 0.368 e. The van der Waals surface area contributed by atoms with Gasteiger partial charge in [-0.05, 0) is 13.0 Å². The first-order valence-electron chi connectivity index (χ1n) is 4.59. The lowest BCUT2D eigenvalue weighted by Gasteiger charge is -2.14. The molecule has 0 aliphatic heterocycles. The van der Waals surface area contributed by atoms with Gasteiger partial charge in [0.25, 0.3) is 0 Å². The van der Waals surface area contributed by atoms with E-state index < -0.39 is 0 Å². The predicted octanol–water partition coefficient (Wildman–Crippen LogP) is -0.868. The molecule has 0 radical (unpaired) electrons. The summed E-state index contributed by atoms with van der Waals surface area (Å²) in [6, 6.07) is -0.378. The lowest BCUT2D eigenvalue weighted by molar-refractivity contribution is -0.120. The van der Waals surface area contributed by atoms with Gasteiger partial charge in [-0.2, -0.15) is 5.10 Å². The first kappa shape index (κ1) is 10.6. The van der Waals surface area contributed by atoms with Gasteiger partial charge in [0.15, 0.2) is 0 Å². The molecule has 1 aromatic rings. The van der Waals surface area contributed by atoms with E-state index in [1.54, 1.807) is 11.0 Å². The Labute approximate surface area is 82.5 Å². The van der Waals surface area contributed by atoms with E-state index in [0.29, 0.717) is 6.54 Å². The molecule has 1 rings (SSSR count). The standard InChI is InChI=1S/C8H15N5O/c1-2-3-11-7(8(9)14)4-13-6-10-5-12-13/h5-7,11H,2-4H2,1H3,(H2,9,14). The van der Waals surface area contributed by atoms with Crippen LogP contribution in [-0.4, -0.2) is 33.3 Å². The van der Waals surface area contributed by atoms with Crippen molar-refractivity contribution in [1.29, 1.82) is 0 Å². The molecule has 0 fully saturated rings. The summed E-state index contributed by atoms with van der Waals surface area (Å²) < 4.78 is 1.58. The summed E-state index contributed by atoms with van der Waals surface area (Å²) in [4.78, 5) is 14.8. The summed E-state index contributed by atoms with van der Waals surface area (Å²) in [6.45, 7) is 3.22. The molecule has 0 aliphatic carbocycles. The van der Waals surface area contributed by atoms with E-state index in [0.717, 1.165) is 13.0 Å². The summed E-state index contributed by atoms with van der Waals surface area (Å²) in [5.41, 5.74) is 5.23. The van der Waals surface area contributed by atoms with Crippen molar-refractivity contribution in [2.45, 2.75) is 25.9 Å². The highest BCUT2D eigenvalue weighted by Gasteiger charge is 2.14. The fourth-order valence-corrected chi connectivity index (χ4v) is 1.09. The number of carbonyl (C=O) groups is 1. The highest BCUT2D eigenvalue weighted by molar-refractivity contribution is 5.79. The van der Waals surface area contributed by atoms with Crippen molar-refractivity contribution in [3.05, 3.63) is 12.7 Å². The fourth-order valence-electron chi connectivity index (χ4n) is 1.09. The lowest BCUT2D eigenvalue weighted by Crippen LogP contribution is -2.44. The first-order chi connectivity index (χ1) is 6.74. The van der Waals surface area contributed by atoms with Crippen LogP contribution in [0.3, 0.4) is 0 Å². The van der Waals surface area contributed by atoms with Crippen LogP contribution in [0.15, 0.2) is 12.7 Å². The summed E-state index contributed by atoms with van der Waals surface area (Å²) in [7, 11) is 0. The minimum atomic E-state index is -0.378. The number of rotatable bonds is 6. The molecule has 3 N–H and O–H groups in total. The maximum atomic E-state index is 11.0. The fraction of sp³-hybridized carbons (Fsp3) is 0.625. The van der Waals surface area contributed by atoms with Crippen LogP contribution in [0.25, 0.3) is 0 Å². The molecular weight excluding hydrogens is 182 g/mol. The van der Waals surface area contributed by atoms with E-state index in [1.165, 1.54) is 6.33 Å². The second-order valence-corrected chi connectivity index (χ2v) is 3.03. The van der Waals surface area contributed by atoms with Gasteiger partial charge in [0.2, 0.25) is 5.91 Å². The van der Waals surface area contributed by atoms with Gasteiger partial charge < -0.3 is 11.1 Å². The monoisotopic (exact) mass is 197 g/mol. The quantitative estimate of drug-likeness (QED) is 0.621. The number of carbonyl (C=O) groups excluding carboxylic acids is 1. The zero-order valence-corrected chi connectivity index (χ0v) is 8.18. The zero-order chi connectivity index (χ0) is 10.4. The number of hydrogen-bond donors (Lipinski definition) is 2. The summed E-state index contributed by atoms with van der Waals surface area (Å²) in [5, 5.41) is 6.95. The van der Waals surface area contributed by atoms with Crippen molar-refractivity contribution in [3.63, 3.8) is 0 Å². The van der Waals surface area contributed by atoms with Crippen LogP contribution in [-0.2, 0) is 11.3 Å². The Bertz CT molecular complexity index is 271. The topological polar surface area (TPSA) is 85.8 Å². The molecule has 0 spiro atoms. The number of aromatic nitrogens is 3. The Balaban J connectivity index is 2.47. The van der Waals surface area contributed by atoms with Crippen molar-refractivity contribution in [2.24, 2.45) is 5.73 Å². The van der Waals surface area contributed by atoms with Crippen molar-refractivity contribution >= 4 is 5.91 Å². The van der Waals surface area contributed by atoms with Gasteiger partial charge in [0.05, 0.1) is 6.54 Å². The maximum absolute atomic E-state index is 11.0.